The molecule has 16 heavy (non-hydrogen) atoms. The van der Waals surface area contributed by atoms with Crippen LogP contribution in [0.3, 0.4) is 0 Å². The van der Waals surface area contributed by atoms with Crippen LogP contribution >= 0.6 is 0 Å². The summed E-state index contributed by atoms with van der Waals surface area (Å²) in [6.07, 6.45) is 1.04. The highest BCUT2D eigenvalue weighted by molar-refractivity contribution is 5.48. The fraction of sp³-hybridized carbons (Fsp3) is 0.571. The molecule has 2 heteroatoms. The van der Waals surface area contributed by atoms with Crippen LogP contribution in [0.25, 0.3) is 0 Å². The maximum Gasteiger partial charge on any atom is 0.121 e. The molecule has 1 atom stereocenters. The summed E-state index contributed by atoms with van der Waals surface area (Å²) in [5.74, 6) is 1.57. The number of hydrogen-bond donors (Lipinski definition) is 1. The molecule has 0 aliphatic carbocycles. The molecule has 0 heterocycles. The van der Waals surface area contributed by atoms with Gasteiger partial charge in [-0.25, -0.2) is 0 Å². The molecular formula is C14H23NO. The molecule has 0 spiro atoms. The number of nitrogens with one attached hydrogen (secondary N) is 1. The van der Waals surface area contributed by atoms with Gasteiger partial charge in [-0.3, -0.25) is 0 Å². The summed E-state index contributed by atoms with van der Waals surface area (Å²) >= 11 is 0. The van der Waals surface area contributed by atoms with E-state index in [4.69, 9.17) is 4.74 Å². The molecule has 0 aliphatic rings. The number of hydrogen-bond acceptors (Lipinski definition) is 2. The Morgan fingerprint density at radius 2 is 2.00 bits per heavy atom. The van der Waals surface area contributed by atoms with Crippen molar-refractivity contribution in [1.29, 1.82) is 0 Å². The fourth-order valence-corrected chi connectivity index (χ4v) is 1.33. The minimum Gasteiger partial charge on any atom is -0.494 e. The topological polar surface area (TPSA) is 21.3 Å². The van der Waals surface area contributed by atoms with Crippen molar-refractivity contribution in [2.45, 2.75) is 40.2 Å². The number of rotatable bonds is 6. The third kappa shape index (κ3) is 4.13. The molecule has 0 bridgehead atoms. The first kappa shape index (κ1) is 12.9. The number of benzene rings is 1. The number of anilines is 1. The van der Waals surface area contributed by atoms with Crippen molar-refractivity contribution in [3.05, 3.63) is 24.3 Å². The van der Waals surface area contributed by atoms with Crippen LogP contribution in [0.1, 0.15) is 34.1 Å². The van der Waals surface area contributed by atoms with E-state index in [2.05, 4.69) is 45.1 Å². The van der Waals surface area contributed by atoms with Crippen molar-refractivity contribution in [1.82, 2.24) is 0 Å². The Morgan fingerprint density at radius 3 is 2.62 bits per heavy atom. The summed E-state index contributed by atoms with van der Waals surface area (Å²) in [5.41, 5.74) is 1.13. The van der Waals surface area contributed by atoms with E-state index in [-0.39, 0.29) is 0 Å². The first-order valence-electron chi connectivity index (χ1n) is 6.13. The van der Waals surface area contributed by atoms with Gasteiger partial charge in [-0.2, -0.15) is 0 Å². The lowest BCUT2D eigenvalue weighted by Gasteiger charge is -2.19. The van der Waals surface area contributed by atoms with Gasteiger partial charge < -0.3 is 10.1 Å². The lowest BCUT2D eigenvalue weighted by atomic mass is 10.1. The first-order chi connectivity index (χ1) is 7.63. The van der Waals surface area contributed by atoms with E-state index in [0.717, 1.165) is 24.5 Å². The molecule has 1 unspecified atom stereocenters. The van der Waals surface area contributed by atoms with Crippen LogP contribution in [0.5, 0.6) is 5.75 Å². The van der Waals surface area contributed by atoms with Crippen LogP contribution in [-0.2, 0) is 0 Å². The lowest BCUT2D eigenvalue weighted by molar-refractivity contribution is 0.317. The minimum atomic E-state index is 0.474. The maximum absolute atomic E-state index is 5.60. The van der Waals surface area contributed by atoms with Gasteiger partial charge in [-0.1, -0.05) is 26.8 Å². The van der Waals surface area contributed by atoms with Gasteiger partial charge in [0.2, 0.25) is 0 Å². The van der Waals surface area contributed by atoms with Gasteiger partial charge in [0, 0.05) is 17.8 Å². The predicted molar refractivity (Wildman–Crippen MR) is 70.2 cm³/mol. The second kappa shape index (κ2) is 6.41. The highest BCUT2D eigenvalue weighted by Gasteiger charge is 2.06. The van der Waals surface area contributed by atoms with Crippen molar-refractivity contribution < 1.29 is 4.74 Å². The van der Waals surface area contributed by atoms with Gasteiger partial charge in [-0.05, 0) is 31.4 Å². The molecule has 0 aromatic heterocycles. The summed E-state index contributed by atoms with van der Waals surface area (Å²) in [6.45, 7) is 9.53. The van der Waals surface area contributed by atoms with Gasteiger partial charge in [0.25, 0.3) is 0 Å². The second-order valence-corrected chi connectivity index (χ2v) is 4.55. The van der Waals surface area contributed by atoms with Gasteiger partial charge in [-0.15, -0.1) is 0 Å². The van der Waals surface area contributed by atoms with Gasteiger partial charge >= 0.3 is 0 Å². The maximum atomic E-state index is 5.60. The predicted octanol–water partition coefficient (Wildman–Crippen LogP) is 3.93. The van der Waals surface area contributed by atoms with Crippen LogP contribution in [-0.4, -0.2) is 12.6 Å². The van der Waals surface area contributed by atoms with Gasteiger partial charge in [0.1, 0.15) is 5.75 Å². The average molecular weight is 221 g/mol. The molecule has 0 saturated carbocycles. The van der Waals surface area contributed by atoms with Crippen molar-refractivity contribution in [3.8, 4) is 5.75 Å². The van der Waals surface area contributed by atoms with Crippen LogP contribution in [0.4, 0.5) is 5.69 Å². The molecule has 0 radical (unpaired) electrons. The molecule has 0 aliphatic heterocycles. The molecule has 2 nitrogen and oxygen atoms in total. The summed E-state index contributed by atoms with van der Waals surface area (Å²) in [6, 6.07) is 8.65. The standard InChI is InChI=1S/C14H23NO/c1-5-9-16-14-8-6-7-13(10-14)15-12(4)11(2)3/h6-8,10-12,15H,5,9H2,1-4H3. The van der Waals surface area contributed by atoms with Gasteiger partial charge in [0.15, 0.2) is 0 Å². The van der Waals surface area contributed by atoms with E-state index < -0.39 is 0 Å². The zero-order valence-corrected chi connectivity index (χ0v) is 10.8. The van der Waals surface area contributed by atoms with E-state index in [0.29, 0.717) is 12.0 Å². The molecule has 0 saturated heterocycles. The zero-order valence-electron chi connectivity index (χ0n) is 10.8. The normalized spacial score (nSPS) is 12.6. The van der Waals surface area contributed by atoms with Crippen LogP contribution < -0.4 is 10.1 Å². The molecule has 0 amide bonds. The summed E-state index contributed by atoms with van der Waals surface area (Å²) in [7, 11) is 0. The fourth-order valence-electron chi connectivity index (χ4n) is 1.33. The lowest BCUT2D eigenvalue weighted by Crippen LogP contribution is -2.21. The Hall–Kier alpha value is -1.18. The van der Waals surface area contributed by atoms with Gasteiger partial charge in [0.05, 0.1) is 6.61 Å². The Balaban J connectivity index is 2.59. The zero-order chi connectivity index (χ0) is 12.0. The molecule has 0 fully saturated rings. The minimum absolute atomic E-state index is 0.474. The average Bonchev–Trinajstić information content (AvgIpc) is 2.26. The van der Waals surface area contributed by atoms with Crippen molar-refractivity contribution >= 4 is 5.69 Å². The molecule has 1 N–H and O–H groups in total. The smallest absolute Gasteiger partial charge is 0.121 e. The SMILES string of the molecule is CCCOc1cccc(NC(C)C(C)C)c1. The van der Waals surface area contributed by atoms with Crippen molar-refractivity contribution in [2.24, 2.45) is 5.92 Å². The van der Waals surface area contributed by atoms with Crippen LogP contribution in [0.15, 0.2) is 24.3 Å². The Kier molecular flexibility index (Phi) is 5.17. The highest BCUT2D eigenvalue weighted by atomic mass is 16.5. The molecular weight excluding hydrogens is 198 g/mol. The van der Waals surface area contributed by atoms with Crippen LogP contribution in [0.2, 0.25) is 0 Å². The second-order valence-electron chi connectivity index (χ2n) is 4.55. The summed E-state index contributed by atoms with van der Waals surface area (Å²) < 4.78 is 5.60. The quantitative estimate of drug-likeness (QED) is 0.785. The van der Waals surface area contributed by atoms with E-state index in [1.165, 1.54) is 0 Å². The molecule has 1 aromatic carbocycles. The highest BCUT2D eigenvalue weighted by Crippen LogP contribution is 2.19. The van der Waals surface area contributed by atoms with E-state index in [9.17, 15) is 0 Å². The van der Waals surface area contributed by atoms with Crippen molar-refractivity contribution in [3.63, 3.8) is 0 Å². The van der Waals surface area contributed by atoms with Crippen molar-refractivity contribution in [2.75, 3.05) is 11.9 Å². The Bertz CT molecular complexity index is 309. The third-order valence-electron chi connectivity index (χ3n) is 2.70. The molecule has 1 rings (SSSR count). The largest absolute Gasteiger partial charge is 0.494 e. The van der Waals surface area contributed by atoms with Crippen LogP contribution in [0, 0.1) is 5.92 Å². The Morgan fingerprint density at radius 1 is 1.25 bits per heavy atom. The number of ether oxygens (including phenoxy) is 1. The van der Waals surface area contributed by atoms with E-state index in [1.54, 1.807) is 0 Å². The first-order valence-corrected chi connectivity index (χ1v) is 6.13. The van der Waals surface area contributed by atoms with E-state index in [1.807, 2.05) is 12.1 Å². The molecule has 90 valence electrons. The summed E-state index contributed by atoms with van der Waals surface area (Å²) in [5, 5.41) is 3.48. The summed E-state index contributed by atoms with van der Waals surface area (Å²) in [4.78, 5) is 0. The van der Waals surface area contributed by atoms with E-state index >= 15 is 0 Å². The Labute approximate surface area is 99.0 Å². The monoisotopic (exact) mass is 221 g/mol. The third-order valence-corrected chi connectivity index (χ3v) is 2.70. The molecule has 1 aromatic rings.